The van der Waals surface area contributed by atoms with E-state index in [1.54, 1.807) is 30.3 Å². The van der Waals surface area contributed by atoms with E-state index < -0.39 is 17.5 Å². The molecule has 1 atom stereocenters. The van der Waals surface area contributed by atoms with Crippen LogP contribution in [0.15, 0.2) is 48.5 Å². The van der Waals surface area contributed by atoms with Crippen LogP contribution in [0.2, 0.25) is 0 Å². The molecule has 2 aromatic rings. The van der Waals surface area contributed by atoms with Gasteiger partial charge in [-0.15, -0.1) is 0 Å². The van der Waals surface area contributed by atoms with Gasteiger partial charge in [-0.3, -0.25) is 4.79 Å². The van der Waals surface area contributed by atoms with Crippen molar-refractivity contribution < 1.29 is 19.4 Å². The average molecular weight is 268 g/mol. The number of carbonyl (C=O) groups excluding carboxylic acids is 2. The maximum absolute atomic E-state index is 12.5. The third kappa shape index (κ3) is 1.73. The highest BCUT2D eigenvalue weighted by molar-refractivity contribution is 6.08. The molecule has 1 aliphatic rings. The van der Waals surface area contributed by atoms with Crippen molar-refractivity contribution in [3.05, 3.63) is 70.8 Å². The second-order valence-corrected chi connectivity index (χ2v) is 4.78. The Labute approximate surface area is 115 Å². The smallest absolute Gasteiger partial charge is 0.341 e. The maximum Gasteiger partial charge on any atom is 0.341 e. The Morgan fingerprint density at radius 3 is 2.65 bits per heavy atom. The first-order valence-corrected chi connectivity index (χ1v) is 6.19. The van der Waals surface area contributed by atoms with Crippen molar-refractivity contribution >= 4 is 11.8 Å². The van der Waals surface area contributed by atoms with Crippen LogP contribution in [0.3, 0.4) is 0 Å². The van der Waals surface area contributed by atoms with E-state index in [1.165, 1.54) is 12.1 Å². The van der Waals surface area contributed by atoms with Gasteiger partial charge in [-0.25, -0.2) is 4.79 Å². The first-order chi connectivity index (χ1) is 9.52. The number of aliphatic hydroxyl groups is 1. The summed E-state index contributed by atoms with van der Waals surface area (Å²) in [6.45, 7) is 1.84. The van der Waals surface area contributed by atoms with Crippen LogP contribution < -0.4 is 0 Å². The predicted molar refractivity (Wildman–Crippen MR) is 71.3 cm³/mol. The van der Waals surface area contributed by atoms with Crippen LogP contribution in [0.4, 0.5) is 0 Å². The molecule has 0 aliphatic carbocycles. The summed E-state index contributed by atoms with van der Waals surface area (Å²) in [4.78, 5) is 24.3. The molecule has 4 nitrogen and oxygen atoms in total. The van der Waals surface area contributed by atoms with E-state index in [0.717, 1.165) is 5.56 Å². The Balaban J connectivity index is 2.11. The number of ketones is 1. The molecule has 0 amide bonds. The number of fused-ring (bicyclic) bond motifs is 1. The van der Waals surface area contributed by atoms with Gasteiger partial charge in [0.25, 0.3) is 0 Å². The lowest BCUT2D eigenvalue weighted by Gasteiger charge is -2.20. The summed E-state index contributed by atoms with van der Waals surface area (Å²) in [6, 6.07) is 13.1. The van der Waals surface area contributed by atoms with Gasteiger partial charge in [-0.2, -0.15) is 0 Å². The topological polar surface area (TPSA) is 63.6 Å². The monoisotopic (exact) mass is 268 g/mol. The third-order valence-electron chi connectivity index (χ3n) is 3.34. The minimum atomic E-state index is -2.23. The minimum Gasteiger partial charge on any atom is -0.417 e. The number of cyclic esters (lactones) is 1. The lowest BCUT2D eigenvalue weighted by atomic mass is 9.94. The van der Waals surface area contributed by atoms with Crippen molar-refractivity contribution in [3.8, 4) is 0 Å². The molecule has 0 saturated heterocycles. The van der Waals surface area contributed by atoms with Gasteiger partial charge in [0, 0.05) is 11.1 Å². The van der Waals surface area contributed by atoms with Crippen molar-refractivity contribution in [3.63, 3.8) is 0 Å². The molecule has 0 aromatic heterocycles. The van der Waals surface area contributed by atoms with Crippen molar-refractivity contribution in [1.82, 2.24) is 0 Å². The maximum atomic E-state index is 12.5. The van der Waals surface area contributed by atoms with Crippen LogP contribution in [0.5, 0.6) is 0 Å². The van der Waals surface area contributed by atoms with E-state index in [-0.39, 0.29) is 11.1 Å². The number of hydrogen-bond donors (Lipinski definition) is 1. The largest absolute Gasteiger partial charge is 0.417 e. The first kappa shape index (κ1) is 12.6. The van der Waals surface area contributed by atoms with Crippen molar-refractivity contribution in [2.45, 2.75) is 12.7 Å². The van der Waals surface area contributed by atoms with Crippen LogP contribution >= 0.6 is 0 Å². The third-order valence-corrected chi connectivity index (χ3v) is 3.34. The molecular weight excluding hydrogens is 256 g/mol. The van der Waals surface area contributed by atoms with Crippen LogP contribution in [0.25, 0.3) is 0 Å². The van der Waals surface area contributed by atoms with Crippen molar-refractivity contribution in [2.75, 3.05) is 0 Å². The highest BCUT2D eigenvalue weighted by Gasteiger charge is 2.50. The fraction of sp³-hybridized carbons (Fsp3) is 0.125. The molecule has 1 unspecified atom stereocenters. The van der Waals surface area contributed by atoms with Gasteiger partial charge in [0.05, 0.1) is 5.56 Å². The first-order valence-electron chi connectivity index (χ1n) is 6.19. The Kier molecular flexibility index (Phi) is 2.69. The molecule has 20 heavy (non-hydrogen) atoms. The summed E-state index contributed by atoms with van der Waals surface area (Å²) < 4.78 is 4.94. The van der Waals surface area contributed by atoms with E-state index in [1.807, 2.05) is 13.0 Å². The summed E-state index contributed by atoms with van der Waals surface area (Å²) in [5.74, 6) is -3.56. The van der Waals surface area contributed by atoms with E-state index in [0.29, 0.717) is 5.56 Å². The van der Waals surface area contributed by atoms with Crippen LogP contribution in [0, 0.1) is 6.92 Å². The number of ether oxygens (including phenoxy) is 1. The molecule has 0 bridgehead atoms. The number of hydrogen-bond acceptors (Lipinski definition) is 4. The van der Waals surface area contributed by atoms with Gasteiger partial charge in [0.15, 0.2) is 0 Å². The molecule has 3 rings (SSSR count). The fourth-order valence-electron chi connectivity index (χ4n) is 2.35. The Hall–Kier alpha value is -2.46. The zero-order chi connectivity index (χ0) is 14.3. The lowest BCUT2D eigenvalue weighted by molar-refractivity contribution is -0.125. The van der Waals surface area contributed by atoms with Gasteiger partial charge >= 0.3 is 11.8 Å². The van der Waals surface area contributed by atoms with Crippen molar-refractivity contribution in [1.29, 1.82) is 0 Å². The molecule has 100 valence electrons. The molecule has 1 heterocycles. The normalized spacial score (nSPS) is 20.4. The predicted octanol–water partition coefficient (Wildman–Crippen LogP) is 2.19. The average Bonchev–Trinajstić information content (AvgIpc) is 2.72. The van der Waals surface area contributed by atoms with Gasteiger partial charge < -0.3 is 9.84 Å². The molecule has 2 aromatic carbocycles. The minimum absolute atomic E-state index is 0.191. The summed E-state index contributed by atoms with van der Waals surface area (Å²) in [6.07, 6.45) is 0. The quantitative estimate of drug-likeness (QED) is 0.670. The SMILES string of the molecule is Cc1cccc(C(=O)C2(O)OC(=O)c3ccccc32)c1. The van der Waals surface area contributed by atoms with E-state index in [9.17, 15) is 14.7 Å². The molecule has 0 radical (unpaired) electrons. The lowest BCUT2D eigenvalue weighted by Crippen LogP contribution is -2.36. The summed E-state index contributed by atoms with van der Waals surface area (Å²) in [5, 5.41) is 10.5. The summed E-state index contributed by atoms with van der Waals surface area (Å²) in [5.41, 5.74) is 1.60. The Morgan fingerprint density at radius 1 is 1.15 bits per heavy atom. The zero-order valence-corrected chi connectivity index (χ0v) is 10.8. The second kappa shape index (κ2) is 4.28. The van der Waals surface area contributed by atoms with Crippen LogP contribution in [-0.4, -0.2) is 16.9 Å². The van der Waals surface area contributed by atoms with Crippen molar-refractivity contribution in [2.24, 2.45) is 0 Å². The summed E-state index contributed by atoms with van der Waals surface area (Å²) in [7, 11) is 0. The van der Waals surface area contributed by atoms with E-state index in [2.05, 4.69) is 0 Å². The highest BCUT2D eigenvalue weighted by atomic mass is 16.7. The standard InChI is InChI=1S/C16H12O4/c1-10-5-4-6-11(9-10)14(17)16(19)13-8-3-2-7-12(13)15(18)20-16/h2-9,19H,1H3. The molecule has 0 fully saturated rings. The molecule has 1 aliphatic heterocycles. The number of aryl methyl sites for hydroxylation is 1. The van der Waals surface area contributed by atoms with Gasteiger partial charge in [-0.1, -0.05) is 42.0 Å². The zero-order valence-electron chi connectivity index (χ0n) is 10.8. The van der Waals surface area contributed by atoms with E-state index >= 15 is 0 Å². The molecule has 0 spiro atoms. The highest BCUT2D eigenvalue weighted by Crippen LogP contribution is 2.36. The summed E-state index contributed by atoms with van der Waals surface area (Å²) >= 11 is 0. The number of benzene rings is 2. The van der Waals surface area contributed by atoms with Crippen LogP contribution in [-0.2, 0) is 10.5 Å². The van der Waals surface area contributed by atoms with Crippen LogP contribution in [0.1, 0.15) is 31.8 Å². The van der Waals surface area contributed by atoms with Gasteiger partial charge in [0.1, 0.15) is 0 Å². The Bertz CT molecular complexity index is 720. The number of rotatable bonds is 2. The Morgan fingerprint density at radius 2 is 1.90 bits per heavy atom. The van der Waals surface area contributed by atoms with Gasteiger partial charge in [0.2, 0.25) is 5.78 Å². The number of Topliss-reactive ketones (excluding diaryl/α,β-unsaturated/α-hetero) is 1. The number of esters is 1. The van der Waals surface area contributed by atoms with Gasteiger partial charge in [-0.05, 0) is 19.1 Å². The second-order valence-electron chi connectivity index (χ2n) is 4.78. The number of carbonyl (C=O) groups is 2. The van der Waals surface area contributed by atoms with E-state index in [4.69, 9.17) is 4.74 Å². The molecular formula is C16H12O4. The molecule has 4 heteroatoms. The molecule has 0 saturated carbocycles. The fourth-order valence-corrected chi connectivity index (χ4v) is 2.35. The molecule has 1 N–H and O–H groups in total.